The van der Waals surface area contributed by atoms with Crippen LogP contribution in [0.3, 0.4) is 0 Å². The summed E-state index contributed by atoms with van der Waals surface area (Å²) in [6, 6.07) is 3.78. The third kappa shape index (κ3) is 4.82. The van der Waals surface area contributed by atoms with Crippen molar-refractivity contribution < 1.29 is 32.5 Å². The summed E-state index contributed by atoms with van der Waals surface area (Å²) >= 11 is 0. The molecule has 0 bridgehead atoms. The highest BCUT2D eigenvalue weighted by Crippen LogP contribution is 2.40. The molecular formula is C15H17F3O4. The molecule has 1 aromatic rings. The Morgan fingerprint density at radius 2 is 2.05 bits per heavy atom. The number of halogens is 3. The second kappa shape index (κ2) is 6.46. The normalized spacial score (nSPS) is 16.2. The van der Waals surface area contributed by atoms with Crippen LogP contribution in [0, 0.1) is 5.92 Å². The molecule has 22 heavy (non-hydrogen) atoms. The average molecular weight is 318 g/mol. The van der Waals surface area contributed by atoms with Gasteiger partial charge in [-0.15, -0.1) is 0 Å². The van der Waals surface area contributed by atoms with E-state index in [2.05, 4.69) is 4.74 Å². The van der Waals surface area contributed by atoms with Gasteiger partial charge < -0.3 is 14.6 Å². The van der Waals surface area contributed by atoms with E-state index >= 15 is 0 Å². The van der Waals surface area contributed by atoms with E-state index in [0.29, 0.717) is 17.9 Å². The zero-order chi connectivity index (χ0) is 16.3. The smallest absolute Gasteiger partial charge is 0.422 e. The SMILES string of the molecule is COC(=O)C(CC1CC1)c1cc(O)cc(OCC(F)(F)F)c1. The second-order valence-electron chi connectivity index (χ2n) is 5.42. The summed E-state index contributed by atoms with van der Waals surface area (Å²) in [6.07, 6.45) is -1.89. The van der Waals surface area contributed by atoms with E-state index in [-0.39, 0.29) is 11.5 Å². The number of carbonyl (C=O) groups is 1. The molecule has 0 heterocycles. The van der Waals surface area contributed by atoms with Gasteiger partial charge in [-0.05, 0) is 30.0 Å². The van der Waals surface area contributed by atoms with Crippen LogP contribution in [-0.4, -0.2) is 31.0 Å². The largest absolute Gasteiger partial charge is 0.508 e. The number of rotatable bonds is 6. The molecule has 2 rings (SSSR count). The average Bonchev–Trinajstić information content (AvgIpc) is 3.24. The summed E-state index contributed by atoms with van der Waals surface area (Å²) in [5.41, 5.74) is 0.399. The van der Waals surface area contributed by atoms with Gasteiger partial charge in [-0.25, -0.2) is 0 Å². The fraction of sp³-hybridized carbons (Fsp3) is 0.533. The van der Waals surface area contributed by atoms with Crippen LogP contribution < -0.4 is 4.74 Å². The summed E-state index contributed by atoms with van der Waals surface area (Å²) in [5, 5.41) is 9.66. The van der Waals surface area contributed by atoms with E-state index in [1.54, 1.807) is 0 Å². The first-order chi connectivity index (χ1) is 10.3. The molecule has 0 aromatic heterocycles. The van der Waals surface area contributed by atoms with Crippen molar-refractivity contribution in [3.05, 3.63) is 23.8 Å². The molecule has 4 nitrogen and oxygen atoms in total. The summed E-state index contributed by atoms with van der Waals surface area (Å²) in [5.74, 6) is -1.06. The Morgan fingerprint density at radius 3 is 2.59 bits per heavy atom. The Kier molecular flexibility index (Phi) is 4.83. The number of alkyl halides is 3. The van der Waals surface area contributed by atoms with E-state index in [0.717, 1.165) is 18.9 Å². The Labute approximate surface area is 125 Å². The third-order valence-corrected chi connectivity index (χ3v) is 3.47. The number of benzene rings is 1. The topological polar surface area (TPSA) is 55.8 Å². The predicted octanol–water partition coefficient (Wildman–Crippen LogP) is 3.39. The van der Waals surface area contributed by atoms with Gasteiger partial charge in [0.05, 0.1) is 13.0 Å². The molecule has 0 saturated heterocycles. The van der Waals surface area contributed by atoms with E-state index < -0.39 is 24.7 Å². The van der Waals surface area contributed by atoms with Crippen LogP contribution >= 0.6 is 0 Å². The van der Waals surface area contributed by atoms with Crippen LogP contribution in [0.1, 0.15) is 30.7 Å². The molecule has 1 atom stereocenters. The monoisotopic (exact) mass is 318 g/mol. The Hall–Kier alpha value is -1.92. The number of phenols is 1. The van der Waals surface area contributed by atoms with Crippen LogP contribution in [0.4, 0.5) is 13.2 Å². The number of phenolic OH excluding ortho intramolecular Hbond substituents is 1. The fourth-order valence-corrected chi connectivity index (χ4v) is 2.25. The van der Waals surface area contributed by atoms with Crippen molar-refractivity contribution in [1.29, 1.82) is 0 Å². The fourth-order valence-electron chi connectivity index (χ4n) is 2.25. The van der Waals surface area contributed by atoms with Crippen molar-refractivity contribution in [3.63, 3.8) is 0 Å². The molecule has 7 heteroatoms. The molecule has 1 aliphatic carbocycles. The summed E-state index contributed by atoms with van der Waals surface area (Å²) < 4.78 is 46.0. The van der Waals surface area contributed by atoms with E-state index in [4.69, 9.17) is 4.74 Å². The van der Waals surface area contributed by atoms with Gasteiger partial charge in [0.2, 0.25) is 0 Å². The number of ether oxygens (including phenoxy) is 2. The molecule has 1 aromatic carbocycles. The lowest BCUT2D eigenvalue weighted by Gasteiger charge is -2.17. The highest BCUT2D eigenvalue weighted by Gasteiger charge is 2.32. The third-order valence-electron chi connectivity index (χ3n) is 3.47. The quantitative estimate of drug-likeness (QED) is 0.817. The van der Waals surface area contributed by atoms with Crippen molar-refractivity contribution >= 4 is 5.97 Å². The van der Waals surface area contributed by atoms with Crippen LogP contribution in [0.15, 0.2) is 18.2 Å². The highest BCUT2D eigenvalue weighted by atomic mass is 19.4. The van der Waals surface area contributed by atoms with Crippen molar-refractivity contribution in [2.75, 3.05) is 13.7 Å². The van der Waals surface area contributed by atoms with E-state index in [1.165, 1.54) is 19.2 Å². The summed E-state index contributed by atoms with van der Waals surface area (Å²) in [6.45, 7) is -1.46. The van der Waals surface area contributed by atoms with Gasteiger partial charge in [-0.2, -0.15) is 13.2 Å². The van der Waals surface area contributed by atoms with Gasteiger partial charge in [0.25, 0.3) is 0 Å². The maximum absolute atomic E-state index is 12.2. The predicted molar refractivity (Wildman–Crippen MR) is 71.8 cm³/mol. The first kappa shape index (κ1) is 16.5. The highest BCUT2D eigenvalue weighted by molar-refractivity contribution is 5.78. The van der Waals surface area contributed by atoms with E-state index in [9.17, 15) is 23.1 Å². The number of esters is 1. The molecule has 1 aliphatic rings. The van der Waals surface area contributed by atoms with Gasteiger partial charge in [0, 0.05) is 6.07 Å². The molecule has 122 valence electrons. The number of aromatic hydroxyl groups is 1. The maximum atomic E-state index is 12.2. The maximum Gasteiger partial charge on any atom is 0.422 e. The van der Waals surface area contributed by atoms with Crippen molar-refractivity contribution in [2.24, 2.45) is 5.92 Å². The molecule has 0 spiro atoms. The minimum Gasteiger partial charge on any atom is -0.508 e. The Balaban J connectivity index is 2.19. The van der Waals surface area contributed by atoms with Crippen LogP contribution in [-0.2, 0) is 9.53 Å². The van der Waals surface area contributed by atoms with Gasteiger partial charge in [0.1, 0.15) is 11.5 Å². The lowest BCUT2D eigenvalue weighted by atomic mass is 9.93. The standard InChI is InChI=1S/C15H17F3O4/c1-21-14(20)13(4-9-2-3-9)10-5-11(19)7-12(6-10)22-8-15(16,17)18/h5-7,9,13,19H,2-4,8H2,1H3. The van der Waals surface area contributed by atoms with Gasteiger partial charge in [-0.3, -0.25) is 4.79 Å². The summed E-state index contributed by atoms with van der Waals surface area (Å²) in [4.78, 5) is 11.9. The minimum atomic E-state index is -4.47. The van der Waals surface area contributed by atoms with Crippen molar-refractivity contribution in [2.45, 2.75) is 31.4 Å². The van der Waals surface area contributed by atoms with Crippen LogP contribution in [0.2, 0.25) is 0 Å². The van der Waals surface area contributed by atoms with E-state index in [1.807, 2.05) is 0 Å². The molecule has 1 unspecified atom stereocenters. The molecular weight excluding hydrogens is 301 g/mol. The van der Waals surface area contributed by atoms with Gasteiger partial charge in [-0.1, -0.05) is 12.8 Å². The molecule has 0 radical (unpaired) electrons. The Bertz CT molecular complexity index is 538. The zero-order valence-electron chi connectivity index (χ0n) is 12.0. The molecule has 0 amide bonds. The molecule has 1 N–H and O–H groups in total. The van der Waals surface area contributed by atoms with Crippen LogP contribution in [0.5, 0.6) is 11.5 Å². The van der Waals surface area contributed by atoms with Gasteiger partial charge in [0.15, 0.2) is 6.61 Å². The van der Waals surface area contributed by atoms with Crippen molar-refractivity contribution in [1.82, 2.24) is 0 Å². The second-order valence-corrected chi connectivity index (χ2v) is 5.42. The number of hydrogen-bond acceptors (Lipinski definition) is 4. The lowest BCUT2D eigenvalue weighted by molar-refractivity contribution is -0.153. The van der Waals surface area contributed by atoms with Crippen molar-refractivity contribution in [3.8, 4) is 11.5 Å². The minimum absolute atomic E-state index is 0.128. The zero-order valence-corrected chi connectivity index (χ0v) is 12.0. The van der Waals surface area contributed by atoms with Crippen LogP contribution in [0.25, 0.3) is 0 Å². The first-order valence-electron chi connectivity index (χ1n) is 6.90. The molecule has 1 fully saturated rings. The number of carbonyl (C=O) groups excluding carboxylic acids is 1. The first-order valence-corrected chi connectivity index (χ1v) is 6.90. The molecule has 0 aliphatic heterocycles. The number of hydrogen-bond donors (Lipinski definition) is 1. The number of methoxy groups -OCH3 is 1. The van der Waals surface area contributed by atoms with Gasteiger partial charge >= 0.3 is 12.1 Å². The lowest BCUT2D eigenvalue weighted by Crippen LogP contribution is -2.19. The Morgan fingerprint density at radius 1 is 1.36 bits per heavy atom. The summed E-state index contributed by atoms with van der Waals surface area (Å²) in [7, 11) is 1.26. The molecule has 1 saturated carbocycles.